The Morgan fingerprint density at radius 2 is 1.96 bits per heavy atom. The van der Waals surface area contributed by atoms with Crippen molar-refractivity contribution >= 4 is 35.0 Å². The van der Waals surface area contributed by atoms with Crippen molar-refractivity contribution in [2.24, 2.45) is 0 Å². The molecule has 0 saturated carbocycles. The van der Waals surface area contributed by atoms with Crippen molar-refractivity contribution in [1.82, 2.24) is 9.97 Å². The topological polar surface area (TPSA) is 64.1 Å². The van der Waals surface area contributed by atoms with Crippen LogP contribution in [-0.2, 0) is 0 Å². The van der Waals surface area contributed by atoms with Gasteiger partial charge in [0.05, 0.1) is 23.4 Å². The summed E-state index contributed by atoms with van der Waals surface area (Å²) in [7, 11) is 1.54. The zero-order valence-electron chi connectivity index (χ0n) is 14.2. The Morgan fingerprint density at radius 3 is 2.62 bits per heavy atom. The number of hydrogen-bond donors (Lipinski definition) is 1. The Labute approximate surface area is 160 Å². The highest BCUT2D eigenvalue weighted by atomic mass is 35.5. The highest BCUT2D eigenvalue weighted by molar-refractivity contribution is 7.98. The first kappa shape index (κ1) is 18.2. The molecule has 0 radical (unpaired) electrons. The molecule has 0 bridgehead atoms. The molecule has 0 spiro atoms. The van der Waals surface area contributed by atoms with Gasteiger partial charge in [0, 0.05) is 17.4 Å². The number of nitrogens with one attached hydrogen (secondary N) is 1. The SMILES string of the molecule is COc1ccc(NC(=O)c2cnc(SC)nc2-c2ccccc2)cc1Cl. The average Bonchev–Trinajstić information content (AvgIpc) is 2.68. The minimum atomic E-state index is -0.308. The van der Waals surface area contributed by atoms with Gasteiger partial charge in [0.2, 0.25) is 0 Å². The minimum Gasteiger partial charge on any atom is -0.495 e. The van der Waals surface area contributed by atoms with Gasteiger partial charge in [-0.05, 0) is 24.5 Å². The lowest BCUT2D eigenvalue weighted by Crippen LogP contribution is -2.15. The lowest BCUT2D eigenvalue weighted by Gasteiger charge is -2.11. The maximum atomic E-state index is 12.8. The van der Waals surface area contributed by atoms with Crippen molar-refractivity contribution in [3.05, 3.63) is 65.3 Å². The fourth-order valence-corrected chi connectivity index (χ4v) is 2.99. The number of ether oxygens (including phenoxy) is 1. The van der Waals surface area contributed by atoms with Gasteiger partial charge in [0.1, 0.15) is 5.75 Å². The number of carbonyl (C=O) groups is 1. The van der Waals surface area contributed by atoms with E-state index >= 15 is 0 Å². The van der Waals surface area contributed by atoms with E-state index in [0.29, 0.717) is 32.9 Å². The lowest BCUT2D eigenvalue weighted by molar-refractivity contribution is 0.102. The van der Waals surface area contributed by atoms with Crippen LogP contribution in [0, 0.1) is 0 Å². The highest BCUT2D eigenvalue weighted by Gasteiger charge is 2.17. The van der Waals surface area contributed by atoms with Gasteiger partial charge in [-0.2, -0.15) is 0 Å². The second-order valence-corrected chi connectivity index (χ2v) is 6.47. The van der Waals surface area contributed by atoms with E-state index in [4.69, 9.17) is 16.3 Å². The molecule has 1 N–H and O–H groups in total. The normalized spacial score (nSPS) is 10.4. The Balaban J connectivity index is 1.95. The van der Waals surface area contributed by atoms with Crippen LogP contribution in [-0.4, -0.2) is 29.2 Å². The van der Waals surface area contributed by atoms with Crippen LogP contribution < -0.4 is 10.1 Å². The Bertz CT molecular complexity index is 935. The van der Waals surface area contributed by atoms with Crippen LogP contribution in [0.15, 0.2) is 59.9 Å². The molecule has 26 heavy (non-hydrogen) atoms. The van der Waals surface area contributed by atoms with Crippen LogP contribution in [0.3, 0.4) is 0 Å². The van der Waals surface area contributed by atoms with E-state index < -0.39 is 0 Å². The zero-order valence-corrected chi connectivity index (χ0v) is 15.8. The Hall–Kier alpha value is -2.57. The van der Waals surface area contributed by atoms with Gasteiger partial charge in [-0.3, -0.25) is 4.79 Å². The van der Waals surface area contributed by atoms with Crippen LogP contribution in [0.2, 0.25) is 5.02 Å². The molecule has 1 amide bonds. The van der Waals surface area contributed by atoms with E-state index in [1.165, 1.54) is 18.9 Å². The van der Waals surface area contributed by atoms with Crippen LogP contribution >= 0.6 is 23.4 Å². The molecule has 3 aromatic rings. The molecule has 2 aromatic carbocycles. The second kappa shape index (κ2) is 8.21. The molecule has 0 unspecified atom stereocenters. The number of methoxy groups -OCH3 is 1. The number of thioether (sulfide) groups is 1. The maximum absolute atomic E-state index is 12.8. The summed E-state index contributed by atoms with van der Waals surface area (Å²) < 4.78 is 5.13. The number of benzene rings is 2. The summed E-state index contributed by atoms with van der Waals surface area (Å²) >= 11 is 7.54. The lowest BCUT2D eigenvalue weighted by atomic mass is 10.1. The molecule has 5 nitrogen and oxygen atoms in total. The molecule has 0 aliphatic rings. The molecule has 0 aliphatic carbocycles. The molecule has 3 rings (SSSR count). The van der Waals surface area contributed by atoms with E-state index in [0.717, 1.165) is 5.56 Å². The third-order valence-electron chi connectivity index (χ3n) is 3.65. The van der Waals surface area contributed by atoms with Gasteiger partial charge in [-0.25, -0.2) is 9.97 Å². The fraction of sp³-hybridized carbons (Fsp3) is 0.105. The van der Waals surface area contributed by atoms with Gasteiger partial charge in [-0.1, -0.05) is 53.7 Å². The predicted octanol–water partition coefficient (Wildman–Crippen LogP) is 4.78. The maximum Gasteiger partial charge on any atom is 0.259 e. The third kappa shape index (κ3) is 3.98. The summed E-state index contributed by atoms with van der Waals surface area (Å²) in [4.78, 5) is 21.6. The van der Waals surface area contributed by atoms with E-state index in [1.807, 2.05) is 36.6 Å². The summed E-state index contributed by atoms with van der Waals surface area (Å²) in [5.41, 5.74) is 2.39. The Morgan fingerprint density at radius 1 is 1.19 bits per heavy atom. The number of aromatic nitrogens is 2. The minimum absolute atomic E-state index is 0.308. The summed E-state index contributed by atoms with van der Waals surface area (Å²) in [6.45, 7) is 0. The van der Waals surface area contributed by atoms with Crippen molar-refractivity contribution in [1.29, 1.82) is 0 Å². The first-order valence-electron chi connectivity index (χ1n) is 7.73. The second-order valence-electron chi connectivity index (χ2n) is 5.29. The van der Waals surface area contributed by atoms with Crippen LogP contribution in [0.1, 0.15) is 10.4 Å². The molecule has 0 saturated heterocycles. The van der Waals surface area contributed by atoms with E-state index in [-0.39, 0.29) is 5.91 Å². The van der Waals surface area contributed by atoms with Gasteiger partial charge in [-0.15, -0.1) is 0 Å². The number of amides is 1. The number of anilines is 1. The van der Waals surface area contributed by atoms with Crippen LogP contribution in [0.5, 0.6) is 5.75 Å². The molecule has 0 fully saturated rings. The van der Waals surface area contributed by atoms with Crippen molar-refractivity contribution in [2.45, 2.75) is 5.16 Å². The highest BCUT2D eigenvalue weighted by Crippen LogP contribution is 2.28. The molecular weight excluding hydrogens is 370 g/mol. The number of halogens is 1. The number of hydrogen-bond acceptors (Lipinski definition) is 5. The van der Waals surface area contributed by atoms with Crippen LogP contribution in [0.4, 0.5) is 5.69 Å². The van der Waals surface area contributed by atoms with Crippen molar-refractivity contribution in [3.8, 4) is 17.0 Å². The smallest absolute Gasteiger partial charge is 0.259 e. The summed E-state index contributed by atoms with van der Waals surface area (Å²) in [6, 6.07) is 14.6. The molecule has 132 valence electrons. The van der Waals surface area contributed by atoms with E-state index in [2.05, 4.69) is 15.3 Å². The number of rotatable bonds is 5. The van der Waals surface area contributed by atoms with E-state index in [9.17, 15) is 4.79 Å². The zero-order chi connectivity index (χ0) is 18.5. The molecule has 0 atom stereocenters. The largest absolute Gasteiger partial charge is 0.495 e. The van der Waals surface area contributed by atoms with E-state index in [1.54, 1.807) is 24.4 Å². The first-order valence-corrected chi connectivity index (χ1v) is 9.34. The van der Waals surface area contributed by atoms with Crippen molar-refractivity contribution in [3.63, 3.8) is 0 Å². The van der Waals surface area contributed by atoms with Gasteiger partial charge >= 0.3 is 0 Å². The number of nitrogens with zero attached hydrogens (tertiary/aromatic N) is 2. The van der Waals surface area contributed by atoms with Crippen molar-refractivity contribution in [2.75, 3.05) is 18.7 Å². The quantitative estimate of drug-likeness (QED) is 0.505. The van der Waals surface area contributed by atoms with Crippen molar-refractivity contribution < 1.29 is 9.53 Å². The average molecular weight is 386 g/mol. The van der Waals surface area contributed by atoms with Crippen LogP contribution in [0.25, 0.3) is 11.3 Å². The molecule has 1 heterocycles. The molecule has 1 aromatic heterocycles. The fourth-order valence-electron chi connectivity index (χ4n) is 2.39. The summed E-state index contributed by atoms with van der Waals surface area (Å²) in [6.07, 6.45) is 3.44. The monoisotopic (exact) mass is 385 g/mol. The summed E-state index contributed by atoms with van der Waals surface area (Å²) in [5, 5.41) is 3.86. The first-order chi connectivity index (χ1) is 12.6. The molecular formula is C19H16ClN3O2S. The third-order valence-corrected chi connectivity index (χ3v) is 4.51. The standard InChI is InChI=1S/C19H16ClN3O2S/c1-25-16-9-8-13(10-15(16)20)22-18(24)14-11-21-19(26-2)23-17(14)12-6-4-3-5-7-12/h3-11H,1-2H3,(H,22,24). The number of carbonyl (C=O) groups excluding carboxylic acids is 1. The summed E-state index contributed by atoms with van der Waals surface area (Å²) in [5.74, 6) is 0.236. The van der Waals surface area contributed by atoms with Gasteiger partial charge < -0.3 is 10.1 Å². The predicted molar refractivity (Wildman–Crippen MR) is 105 cm³/mol. The van der Waals surface area contributed by atoms with Gasteiger partial charge in [0.15, 0.2) is 5.16 Å². The molecule has 7 heteroatoms. The van der Waals surface area contributed by atoms with Gasteiger partial charge in [0.25, 0.3) is 5.91 Å². The Kier molecular flexibility index (Phi) is 5.75. The molecule has 0 aliphatic heterocycles.